The van der Waals surface area contributed by atoms with Crippen molar-refractivity contribution in [2.75, 3.05) is 31.1 Å². The maximum atomic E-state index is 14.9. The van der Waals surface area contributed by atoms with Crippen LogP contribution in [0.4, 0.5) is 10.3 Å². The maximum Gasteiger partial charge on any atom is 0.225 e. The van der Waals surface area contributed by atoms with Crippen LogP contribution in [0.25, 0.3) is 5.57 Å². The lowest BCUT2D eigenvalue weighted by atomic mass is 9.84. The van der Waals surface area contributed by atoms with Gasteiger partial charge in [0.25, 0.3) is 0 Å². The minimum atomic E-state index is -0.988. The van der Waals surface area contributed by atoms with Gasteiger partial charge in [-0.2, -0.15) is 0 Å². The van der Waals surface area contributed by atoms with E-state index < -0.39 is 11.7 Å². The molecule has 0 spiro atoms. The average Bonchev–Trinajstić information content (AvgIpc) is 3.27. The third kappa shape index (κ3) is 4.11. The van der Waals surface area contributed by atoms with Gasteiger partial charge in [-0.25, -0.2) is 14.4 Å². The van der Waals surface area contributed by atoms with Crippen molar-refractivity contribution in [3.8, 4) is 5.75 Å². The fourth-order valence-corrected chi connectivity index (χ4v) is 5.03. The standard InChI is InChI=1S/C25H31FN4O2/c1-2-3-17-15-28-24(29-16-17)30-10-6-25(31,7-11-30)22-14-20-12-19(13-21(26)23(20)32-22)18-4-8-27-9-5-18/h4,12-13,15-16,22,27,31H,2-3,5-11,14H2,1H3. The van der Waals surface area contributed by atoms with Gasteiger partial charge in [0, 0.05) is 44.0 Å². The average molecular weight is 439 g/mol. The maximum absolute atomic E-state index is 14.9. The number of nitrogens with one attached hydrogen (secondary N) is 1. The molecule has 1 unspecified atom stereocenters. The quantitative estimate of drug-likeness (QED) is 0.747. The van der Waals surface area contributed by atoms with Crippen molar-refractivity contribution in [3.63, 3.8) is 0 Å². The number of ether oxygens (including phenoxy) is 1. The first-order chi connectivity index (χ1) is 15.6. The first kappa shape index (κ1) is 21.3. The van der Waals surface area contributed by atoms with Gasteiger partial charge < -0.3 is 20.1 Å². The molecular weight excluding hydrogens is 407 g/mol. The number of anilines is 1. The zero-order valence-corrected chi connectivity index (χ0v) is 18.6. The molecule has 3 aliphatic rings. The second-order valence-electron chi connectivity index (χ2n) is 9.17. The summed E-state index contributed by atoms with van der Waals surface area (Å²) < 4.78 is 20.9. The summed E-state index contributed by atoms with van der Waals surface area (Å²) >= 11 is 0. The Morgan fingerprint density at radius 1 is 1.25 bits per heavy atom. The van der Waals surface area contributed by atoms with Gasteiger partial charge in [-0.15, -0.1) is 0 Å². The highest BCUT2D eigenvalue weighted by atomic mass is 19.1. The number of benzene rings is 1. The zero-order valence-electron chi connectivity index (χ0n) is 18.6. The molecule has 1 saturated heterocycles. The Bertz CT molecular complexity index is 1000. The van der Waals surface area contributed by atoms with Crippen LogP contribution in [0, 0.1) is 5.82 Å². The van der Waals surface area contributed by atoms with Crippen LogP contribution in [-0.2, 0) is 12.8 Å². The molecule has 0 aliphatic carbocycles. The molecule has 1 atom stereocenters. The molecule has 6 nitrogen and oxygen atoms in total. The Morgan fingerprint density at radius 2 is 2.03 bits per heavy atom. The van der Waals surface area contributed by atoms with E-state index in [4.69, 9.17) is 4.74 Å². The molecular formula is C25H31FN4O2. The number of piperidine rings is 1. The summed E-state index contributed by atoms with van der Waals surface area (Å²) in [5.41, 5.74) is 3.11. The highest BCUT2D eigenvalue weighted by molar-refractivity contribution is 5.68. The van der Waals surface area contributed by atoms with E-state index in [1.807, 2.05) is 18.5 Å². The fraction of sp³-hybridized carbons (Fsp3) is 0.520. The van der Waals surface area contributed by atoms with Crippen molar-refractivity contribution in [1.82, 2.24) is 15.3 Å². The Kier molecular flexibility index (Phi) is 5.86. The number of nitrogens with zero attached hydrogens (tertiary/aromatic N) is 3. The molecule has 7 heteroatoms. The smallest absolute Gasteiger partial charge is 0.225 e. The first-order valence-electron chi connectivity index (χ1n) is 11.7. The van der Waals surface area contributed by atoms with Gasteiger partial charge in [0.2, 0.25) is 5.95 Å². The van der Waals surface area contributed by atoms with Gasteiger partial charge in [0.15, 0.2) is 11.6 Å². The molecule has 32 heavy (non-hydrogen) atoms. The van der Waals surface area contributed by atoms with Crippen molar-refractivity contribution in [2.45, 2.75) is 57.2 Å². The lowest BCUT2D eigenvalue weighted by molar-refractivity contribution is -0.0696. The topological polar surface area (TPSA) is 70.5 Å². The van der Waals surface area contributed by atoms with Crippen molar-refractivity contribution >= 4 is 11.5 Å². The molecule has 5 rings (SSSR count). The Morgan fingerprint density at radius 3 is 2.72 bits per heavy atom. The molecule has 2 aromatic rings. The van der Waals surface area contributed by atoms with Crippen LogP contribution in [-0.4, -0.2) is 53.0 Å². The Labute approximate surface area is 188 Å². The summed E-state index contributed by atoms with van der Waals surface area (Å²) in [4.78, 5) is 11.1. The van der Waals surface area contributed by atoms with Crippen LogP contribution in [0.15, 0.2) is 30.6 Å². The summed E-state index contributed by atoms with van der Waals surface area (Å²) in [7, 11) is 0. The largest absolute Gasteiger partial charge is 0.484 e. The van der Waals surface area contributed by atoms with Gasteiger partial charge in [-0.05, 0) is 61.1 Å². The number of fused-ring (bicyclic) bond motifs is 1. The number of aliphatic hydroxyl groups is 1. The first-order valence-corrected chi connectivity index (χ1v) is 11.7. The van der Waals surface area contributed by atoms with E-state index in [0.717, 1.165) is 49.0 Å². The fourth-order valence-electron chi connectivity index (χ4n) is 5.03. The van der Waals surface area contributed by atoms with E-state index in [1.165, 1.54) is 5.57 Å². The van der Waals surface area contributed by atoms with Crippen LogP contribution < -0.4 is 15.0 Å². The lowest BCUT2D eigenvalue weighted by Crippen LogP contribution is -2.53. The minimum Gasteiger partial charge on any atom is -0.484 e. The van der Waals surface area contributed by atoms with Crippen LogP contribution in [0.5, 0.6) is 5.75 Å². The predicted molar refractivity (Wildman–Crippen MR) is 122 cm³/mol. The molecule has 170 valence electrons. The molecule has 0 saturated carbocycles. The molecule has 1 fully saturated rings. The Balaban J connectivity index is 1.26. The molecule has 3 aliphatic heterocycles. The highest BCUT2D eigenvalue weighted by Crippen LogP contribution is 2.41. The number of rotatable bonds is 5. The summed E-state index contributed by atoms with van der Waals surface area (Å²) in [5, 5.41) is 14.7. The monoisotopic (exact) mass is 438 g/mol. The van der Waals surface area contributed by atoms with E-state index in [1.54, 1.807) is 6.07 Å². The normalized spacial score (nSPS) is 22.3. The third-order valence-corrected chi connectivity index (χ3v) is 6.96. The predicted octanol–water partition coefficient (Wildman–Crippen LogP) is 3.28. The number of hydrogen-bond acceptors (Lipinski definition) is 6. The van der Waals surface area contributed by atoms with E-state index in [-0.39, 0.29) is 5.82 Å². The van der Waals surface area contributed by atoms with Crippen molar-refractivity contribution in [1.29, 1.82) is 0 Å². The molecule has 0 amide bonds. The summed E-state index contributed by atoms with van der Waals surface area (Å²) in [5.74, 6) is 0.675. The van der Waals surface area contributed by atoms with Gasteiger partial charge in [-0.1, -0.05) is 19.4 Å². The van der Waals surface area contributed by atoms with Crippen LogP contribution >= 0.6 is 0 Å². The number of aryl methyl sites for hydroxylation is 1. The number of halogens is 1. The van der Waals surface area contributed by atoms with E-state index in [9.17, 15) is 9.50 Å². The number of aromatic nitrogens is 2. The van der Waals surface area contributed by atoms with Gasteiger partial charge in [0.05, 0.1) is 0 Å². The van der Waals surface area contributed by atoms with Gasteiger partial charge in [-0.3, -0.25) is 0 Å². The van der Waals surface area contributed by atoms with Crippen LogP contribution in [0.1, 0.15) is 49.3 Å². The second-order valence-corrected chi connectivity index (χ2v) is 9.17. The van der Waals surface area contributed by atoms with E-state index >= 15 is 0 Å². The van der Waals surface area contributed by atoms with Gasteiger partial charge in [0.1, 0.15) is 11.7 Å². The molecule has 1 aromatic heterocycles. The molecule has 4 heterocycles. The van der Waals surface area contributed by atoms with Crippen molar-refractivity contribution in [2.24, 2.45) is 0 Å². The molecule has 2 N–H and O–H groups in total. The SMILES string of the molecule is CCCc1cnc(N2CCC(O)(C3Cc4cc(C5=CCNCC5)cc(F)c4O3)CC2)nc1. The van der Waals surface area contributed by atoms with Crippen molar-refractivity contribution < 1.29 is 14.2 Å². The summed E-state index contributed by atoms with van der Waals surface area (Å²) in [6.45, 7) is 5.15. The molecule has 0 radical (unpaired) electrons. The summed E-state index contributed by atoms with van der Waals surface area (Å²) in [6, 6.07) is 3.62. The van der Waals surface area contributed by atoms with Gasteiger partial charge >= 0.3 is 0 Å². The Hall–Kier alpha value is -2.51. The van der Waals surface area contributed by atoms with Crippen LogP contribution in [0.3, 0.4) is 0 Å². The third-order valence-electron chi connectivity index (χ3n) is 6.96. The molecule has 1 aromatic carbocycles. The lowest BCUT2D eigenvalue weighted by Gasteiger charge is -2.41. The van der Waals surface area contributed by atoms with Crippen molar-refractivity contribution in [3.05, 3.63) is 53.1 Å². The highest BCUT2D eigenvalue weighted by Gasteiger charge is 2.45. The second kappa shape index (κ2) is 8.79. The molecule has 0 bridgehead atoms. The van der Waals surface area contributed by atoms with Crippen LogP contribution in [0.2, 0.25) is 0 Å². The van der Waals surface area contributed by atoms with E-state index in [0.29, 0.717) is 44.0 Å². The summed E-state index contributed by atoms with van der Waals surface area (Å²) in [6.07, 6.45) is 10.0. The van der Waals surface area contributed by atoms with E-state index in [2.05, 4.69) is 33.2 Å². The zero-order chi connectivity index (χ0) is 22.1. The minimum absolute atomic E-state index is 0.305. The number of hydrogen-bond donors (Lipinski definition) is 2.